The lowest BCUT2D eigenvalue weighted by atomic mass is 9.91. The third kappa shape index (κ3) is 7.32. The van der Waals surface area contributed by atoms with Gasteiger partial charge in [-0.05, 0) is 37.5 Å². The van der Waals surface area contributed by atoms with Crippen LogP contribution in [0.1, 0.15) is 33.6 Å². The minimum atomic E-state index is -0.957. The molecule has 0 aliphatic carbocycles. The van der Waals surface area contributed by atoms with E-state index in [0.717, 1.165) is 37.2 Å². The highest BCUT2D eigenvalue weighted by Crippen LogP contribution is 2.30. The molecule has 0 amide bonds. The Labute approximate surface area is 157 Å². The number of aliphatic carboxylic acids is 1. The molecule has 0 aromatic carbocycles. The molecule has 6 heteroatoms. The third-order valence-corrected chi connectivity index (χ3v) is 4.34. The minimum absolute atomic E-state index is 0.114. The zero-order valence-electron chi connectivity index (χ0n) is 16.3. The lowest BCUT2D eigenvalue weighted by molar-refractivity contribution is -0.174. The number of rotatable bonds is 7. The molecular formula is C20H33NO5. The maximum Gasteiger partial charge on any atom is 0.329 e. The van der Waals surface area contributed by atoms with E-state index in [-0.39, 0.29) is 12.2 Å². The molecule has 0 atom stereocenters. The van der Waals surface area contributed by atoms with Crippen LogP contribution in [0.5, 0.6) is 0 Å². The van der Waals surface area contributed by atoms with Crippen molar-refractivity contribution in [2.75, 3.05) is 46.1 Å². The second kappa shape index (κ2) is 11.9. The highest BCUT2D eigenvalue weighted by atomic mass is 16.6. The number of piperidine rings is 1. The van der Waals surface area contributed by atoms with Gasteiger partial charge in [-0.3, -0.25) is 0 Å². The maximum absolute atomic E-state index is 10.4. The van der Waals surface area contributed by atoms with Crippen molar-refractivity contribution in [1.82, 2.24) is 4.90 Å². The average molecular weight is 367 g/mol. The first kappa shape index (κ1) is 22.4. The molecule has 0 aromatic heterocycles. The summed E-state index contributed by atoms with van der Waals surface area (Å²) in [5, 5.41) is 8.56. The number of hydrogen-bond donors (Lipinski definition) is 1. The van der Waals surface area contributed by atoms with Gasteiger partial charge >= 0.3 is 5.97 Å². The number of hydrogen-bond acceptors (Lipinski definition) is 5. The molecule has 1 spiro atoms. The van der Waals surface area contributed by atoms with Crippen LogP contribution in [0, 0.1) is 0 Å². The molecule has 2 fully saturated rings. The molecule has 0 unspecified atom stereocenters. The second-order valence-corrected chi connectivity index (χ2v) is 6.27. The molecule has 0 saturated carbocycles. The van der Waals surface area contributed by atoms with Crippen LogP contribution in [0.3, 0.4) is 0 Å². The molecule has 2 aliphatic rings. The molecule has 0 aromatic rings. The minimum Gasteiger partial charge on any atom is -0.480 e. The molecule has 6 nitrogen and oxygen atoms in total. The summed E-state index contributed by atoms with van der Waals surface area (Å²) in [6, 6.07) is 0. The van der Waals surface area contributed by atoms with Crippen LogP contribution >= 0.6 is 0 Å². The van der Waals surface area contributed by atoms with E-state index in [1.54, 1.807) is 0 Å². The zero-order chi connectivity index (χ0) is 19.4. The van der Waals surface area contributed by atoms with E-state index in [1.165, 1.54) is 0 Å². The van der Waals surface area contributed by atoms with Crippen LogP contribution in [0.15, 0.2) is 36.1 Å². The normalized spacial score (nSPS) is 20.3. The van der Waals surface area contributed by atoms with Gasteiger partial charge in [0.1, 0.15) is 6.61 Å². The van der Waals surface area contributed by atoms with E-state index < -0.39 is 5.97 Å². The Morgan fingerprint density at radius 2 is 1.92 bits per heavy atom. The van der Waals surface area contributed by atoms with Gasteiger partial charge in [0.05, 0.1) is 32.0 Å². The van der Waals surface area contributed by atoms with Crippen molar-refractivity contribution in [1.29, 1.82) is 0 Å². The average Bonchev–Trinajstić information content (AvgIpc) is 2.66. The van der Waals surface area contributed by atoms with E-state index >= 15 is 0 Å². The standard InChI is InChI=1S/C18H27NO5.C2H6/c1-3-16(5-4-15(2)12-23-13-17(20)21)19-8-6-18(7-9-19)14-22-10-11-24-18;1-2/h3-5H,1,6-14H2,2H3,(H,20,21);1-2H3/b15-4+,16-5+;. The first-order valence-electron chi connectivity index (χ1n) is 9.31. The van der Waals surface area contributed by atoms with Gasteiger partial charge in [0.2, 0.25) is 0 Å². The second-order valence-electron chi connectivity index (χ2n) is 6.27. The summed E-state index contributed by atoms with van der Waals surface area (Å²) in [6.07, 6.45) is 7.69. The van der Waals surface area contributed by atoms with Crippen molar-refractivity contribution in [3.8, 4) is 0 Å². The lowest BCUT2D eigenvalue weighted by Crippen LogP contribution is -2.51. The van der Waals surface area contributed by atoms with Crippen LogP contribution in [0.4, 0.5) is 0 Å². The fourth-order valence-electron chi connectivity index (χ4n) is 2.96. The highest BCUT2D eigenvalue weighted by Gasteiger charge is 2.37. The van der Waals surface area contributed by atoms with Gasteiger partial charge < -0.3 is 24.2 Å². The molecule has 26 heavy (non-hydrogen) atoms. The fraction of sp³-hybridized carbons (Fsp3) is 0.650. The lowest BCUT2D eigenvalue weighted by Gasteiger charge is -2.44. The Bertz CT molecular complexity index is 496. The largest absolute Gasteiger partial charge is 0.480 e. The Hall–Kier alpha value is -1.63. The van der Waals surface area contributed by atoms with Crippen LogP contribution in [-0.4, -0.2) is 67.7 Å². The molecule has 2 aliphatic heterocycles. The van der Waals surface area contributed by atoms with E-state index in [2.05, 4.69) is 11.5 Å². The number of carboxylic acid groups (broad SMARTS) is 1. The summed E-state index contributed by atoms with van der Waals surface area (Å²) < 4.78 is 16.6. The van der Waals surface area contributed by atoms with E-state index in [0.29, 0.717) is 26.4 Å². The molecule has 0 bridgehead atoms. The predicted molar refractivity (Wildman–Crippen MR) is 102 cm³/mol. The molecule has 2 rings (SSSR count). The first-order chi connectivity index (χ1) is 12.5. The Morgan fingerprint density at radius 1 is 1.23 bits per heavy atom. The summed E-state index contributed by atoms with van der Waals surface area (Å²) in [5.74, 6) is -0.957. The van der Waals surface area contributed by atoms with Crippen LogP contribution in [0.2, 0.25) is 0 Å². The van der Waals surface area contributed by atoms with Crippen molar-refractivity contribution in [2.45, 2.75) is 39.2 Å². The van der Waals surface area contributed by atoms with Gasteiger partial charge in [-0.15, -0.1) is 0 Å². The monoisotopic (exact) mass is 367 g/mol. The topological polar surface area (TPSA) is 68.2 Å². The molecule has 1 N–H and O–H groups in total. The summed E-state index contributed by atoms with van der Waals surface area (Å²) in [6.45, 7) is 13.7. The Morgan fingerprint density at radius 3 is 2.46 bits per heavy atom. The number of carbonyl (C=O) groups is 1. The molecular weight excluding hydrogens is 334 g/mol. The van der Waals surface area contributed by atoms with E-state index in [1.807, 2.05) is 39.0 Å². The van der Waals surface area contributed by atoms with Crippen molar-refractivity contribution in [3.63, 3.8) is 0 Å². The van der Waals surface area contributed by atoms with Gasteiger partial charge in [-0.2, -0.15) is 0 Å². The summed E-state index contributed by atoms with van der Waals surface area (Å²) >= 11 is 0. The van der Waals surface area contributed by atoms with Crippen molar-refractivity contribution >= 4 is 5.97 Å². The van der Waals surface area contributed by atoms with Gasteiger partial charge in [-0.25, -0.2) is 4.79 Å². The summed E-state index contributed by atoms with van der Waals surface area (Å²) in [4.78, 5) is 12.7. The zero-order valence-corrected chi connectivity index (χ0v) is 16.3. The third-order valence-electron chi connectivity index (χ3n) is 4.34. The number of allylic oxidation sites excluding steroid dienone is 3. The smallest absolute Gasteiger partial charge is 0.329 e. The van der Waals surface area contributed by atoms with E-state index in [9.17, 15) is 4.79 Å². The number of carboxylic acids is 1. The first-order valence-corrected chi connectivity index (χ1v) is 9.31. The highest BCUT2D eigenvalue weighted by molar-refractivity contribution is 5.68. The quantitative estimate of drug-likeness (QED) is 0.698. The number of nitrogens with zero attached hydrogens (tertiary/aromatic N) is 1. The van der Waals surface area contributed by atoms with Gasteiger partial charge in [0.25, 0.3) is 0 Å². The Balaban J connectivity index is 0.00000163. The van der Waals surface area contributed by atoms with Crippen LogP contribution in [0.25, 0.3) is 0 Å². The number of likely N-dealkylation sites (tertiary alicyclic amines) is 1. The summed E-state index contributed by atoms with van der Waals surface area (Å²) in [7, 11) is 0. The number of ether oxygens (including phenoxy) is 3. The molecule has 2 heterocycles. The van der Waals surface area contributed by atoms with E-state index in [4.69, 9.17) is 19.3 Å². The maximum atomic E-state index is 10.4. The fourth-order valence-corrected chi connectivity index (χ4v) is 2.96. The van der Waals surface area contributed by atoms with Crippen LogP contribution in [-0.2, 0) is 19.0 Å². The van der Waals surface area contributed by atoms with Gasteiger partial charge in [0, 0.05) is 18.8 Å². The van der Waals surface area contributed by atoms with Gasteiger partial charge in [-0.1, -0.05) is 26.5 Å². The van der Waals surface area contributed by atoms with Crippen molar-refractivity contribution in [3.05, 3.63) is 36.1 Å². The summed E-state index contributed by atoms with van der Waals surface area (Å²) in [5.41, 5.74) is 1.91. The molecule has 0 radical (unpaired) electrons. The van der Waals surface area contributed by atoms with Crippen LogP contribution < -0.4 is 0 Å². The van der Waals surface area contributed by atoms with Gasteiger partial charge in [0.15, 0.2) is 0 Å². The molecule has 2 saturated heterocycles. The Kier molecular flexibility index (Phi) is 10.2. The van der Waals surface area contributed by atoms with Crippen molar-refractivity contribution < 1.29 is 24.1 Å². The molecule has 148 valence electrons. The SMILES string of the molecule is C=C/C(=C\C=C(/C)COCC(=O)O)N1CCC2(CC1)COCCO2.CC. The van der Waals surface area contributed by atoms with Crippen molar-refractivity contribution in [2.24, 2.45) is 0 Å². The predicted octanol–water partition coefficient (Wildman–Crippen LogP) is 3.01.